The van der Waals surface area contributed by atoms with Crippen LogP contribution in [0.5, 0.6) is 11.5 Å². The Labute approximate surface area is 363 Å². The number of pyridine rings is 1. The summed E-state index contributed by atoms with van der Waals surface area (Å²) in [5, 5.41) is 54.2. The van der Waals surface area contributed by atoms with E-state index in [0.717, 1.165) is 62.0 Å². The first-order chi connectivity index (χ1) is 30.3. The Balaban J connectivity index is 0.762. The van der Waals surface area contributed by atoms with Gasteiger partial charge in [-0.1, -0.05) is 12.1 Å². The number of aromatic amines is 1. The van der Waals surface area contributed by atoms with E-state index in [1.165, 1.54) is 12.3 Å². The van der Waals surface area contributed by atoms with Crippen molar-refractivity contribution in [1.82, 2.24) is 60.5 Å². The van der Waals surface area contributed by atoms with Gasteiger partial charge in [-0.2, -0.15) is 9.49 Å². The molecule has 0 saturated carbocycles. The number of aromatic hydroxyl groups is 2. The zero-order valence-electron chi connectivity index (χ0n) is 36.0. The van der Waals surface area contributed by atoms with Crippen molar-refractivity contribution in [3.63, 3.8) is 0 Å². The summed E-state index contributed by atoms with van der Waals surface area (Å²) in [5.41, 5.74) is 5.52. The molecule has 3 aliphatic heterocycles. The van der Waals surface area contributed by atoms with Gasteiger partial charge in [0.1, 0.15) is 29.1 Å². The molecule has 4 N–H and O–H groups in total. The van der Waals surface area contributed by atoms with Gasteiger partial charge in [-0.25, -0.2) is 9.97 Å². The number of halogens is 1. The molecule has 3 aliphatic rings. The van der Waals surface area contributed by atoms with Gasteiger partial charge in [0.2, 0.25) is 17.8 Å². The number of piperidine rings is 2. The second-order valence-electron chi connectivity index (χ2n) is 18.6. The molecule has 3 saturated heterocycles. The first-order valence-corrected chi connectivity index (χ1v) is 21.4. The number of H-pyrrole nitrogens is 1. The number of nitrogens with zero attached hydrogens (tertiary/aromatic N) is 13. The lowest BCUT2D eigenvalue weighted by Crippen LogP contribution is -2.62. The number of benzene rings is 2. The van der Waals surface area contributed by atoms with Crippen LogP contribution in [-0.4, -0.2) is 115 Å². The molecule has 0 radical (unpaired) electrons. The molecule has 8 heterocycles. The van der Waals surface area contributed by atoms with E-state index < -0.39 is 5.95 Å². The Hall–Kier alpha value is -6.66. The van der Waals surface area contributed by atoms with Crippen molar-refractivity contribution >= 4 is 17.4 Å². The fourth-order valence-corrected chi connectivity index (χ4v) is 10.2. The fraction of sp³-hybridized carbons (Fsp3) is 0.400. The van der Waals surface area contributed by atoms with Crippen LogP contribution < -0.4 is 19.8 Å². The Morgan fingerprint density at radius 2 is 1.51 bits per heavy atom. The number of anilines is 2. The number of hydrogen-bond acceptors (Lipinski definition) is 14. The second-order valence-corrected chi connectivity index (χ2v) is 18.6. The van der Waals surface area contributed by atoms with Crippen LogP contribution in [0.15, 0.2) is 79.5 Å². The minimum Gasteiger partial charge on any atom is -0.507 e. The van der Waals surface area contributed by atoms with E-state index in [1.54, 1.807) is 30.6 Å². The molecule has 2 atom stereocenters. The predicted molar refractivity (Wildman–Crippen MR) is 234 cm³/mol. The number of hydrogen-bond donors (Lipinski definition) is 4. The highest BCUT2D eigenvalue weighted by Crippen LogP contribution is 2.37. The number of phenolic OH excluding ortho intramolecular Hbond substituents is 2. The van der Waals surface area contributed by atoms with Crippen molar-refractivity contribution in [2.75, 3.05) is 36.5 Å². The van der Waals surface area contributed by atoms with Crippen LogP contribution in [0.3, 0.4) is 0 Å². The first kappa shape index (κ1) is 40.4. The monoisotopic (exact) mass is 852 g/mol. The third-order valence-corrected chi connectivity index (χ3v) is 12.9. The molecule has 0 amide bonds. The van der Waals surface area contributed by atoms with E-state index in [9.17, 15) is 14.6 Å². The van der Waals surface area contributed by atoms with Gasteiger partial charge < -0.3 is 25.3 Å². The third-order valence-electron chi connectivity index (χ3n) is 12.9. The summed E-state index contributed by atoms with van der Waals surface area (Å²) in [4.78, 5) is 16.1. The van der Waals surface area contributed by atoms with Gasteiger partial charge in [0.15, 0.2) is 18.4 Å². The number of rotatable bonds is 9. The number of likely N-dealkylation sites (tertiary alicyclic amines) is 1. The van der Waals surface area contributed by atoms with Crippen molar-refractivity contribution in [1.29, 1.82) is 0 Å². The normalized spacial score (nSPS) is 20.0. The molecule has 7 aromatic rings. The van der Waals surface area contributed by atoms with Crippen molar-refractivity contribution < 1.29 is 19.3 Å². The summed E-state index contributed by atoms with van der Waals surface area (Å²) in [6.07, 6.45) is 12.6. The summed E-state index contributed by atoms with van der Waals surface area (Å²) in [6.45, 7) is 12.2. The minimum absolute atomic E-state index is 0.00536. The Kier molecular flexibility index (Phi) is 10.0. The molecule has 0 spiro atoms. The Morgan fingerprint density at radius 3 is 2.17 bits per heavy atom. The van der Waals surface area contributed by atoms with Crippen LogP contribution >= 0.6 is 0 Å². The smallest absolute Gasteiger partial charge is 0.245 e. The maximum Gasteiger partial charge on any atom is 0.245 e. The van der Waals surface area contributed by atoms with Crippen molar-refractivity contribution in [3.05, 3.63) is 85.5 Å². The second kappa shape index (κ2) is 15.6. The first-order valence-electron chi connectivity index (χ1n) is 21.4. The van der Waals surface area contributed by atoms with E-state index in [2.05, 4.69) is 101 Å². The van der Waals surface area contributed by atoms with Gasteiger partial charge in [0.25, 0.3) is 0 Å². The average Bonchev–Trinajstić information content (AvgIpc) is 4.00. The Bertz CT molecular complexity index is 2770. The van der Waals surface area contributed by atoms with E-state index in [-0.39, 0.29) is 34.2 Å². The molecular formula is C45H51FN15O2+. The number of fused-ring (bicyclic) bond motifs is 2. The molecule has 2 unspecified atom stereocenters. The molecule has 3 fully saturated rings. The van der Waals surface area contributed by atoms with Crippen molar-refractivity contribution in [2.45, 2.75) is 83.2 Å². The zero-order valence-corrected chi connectivity index (χ0v) is 36.0. The van der Waals surface area contributed by atoms with Gasteiger partial charge in [0.05, 0.1) is 29.4 Å². The van der Waals surface area contributed by atoms with Gasteiger partial charge in [-0.3, -0.25) is 10.00 Å². The SMILES string of the molecule is CN(c1ncc(-c2ccc(-c3ccn4n[n+](CN5CCC6CN(c7ncc(-c8ccc(-c9cn[nH]c9F)cc8O)nn7)CCC65)cc4c3)cc2O)nn1)C1CC(C)(C)NC(C)(C)C1. The minimum atomic E-state index is -0.565. The lowest BCUT2D eigenvalue weighted by Gasteiger charge is -2.48. The van der Waals surface area contributed by atoms with Crippen LogP contribution in [0, 0.1) is 11.9 Å². The van der Waals surface area contributed by atoms with Crippen LogP contribution in [0.25, 0.3) is 50.3 Å². The molecular weight excluding hydrogens is 802 g/mol. The maximum absolute atomic E-state index is 14.0. The largest absolute Gasteiger partial charge is 0.507 e. The quantitative estimate of drug-likeness (QED) is 0.138. The van der Waals surface area contributed by atoms with Crippen LogP contribution in [-0.2, 0) is 6.67 Å². The highest BCUT2D eigenvalue weighted by Gasteiger charge is 2.41. The van der Waals surface area contributed by atoms with Gasteiger partial charge in [0, 0.05) is 61.0 Å². The molecule has 63 heavy (non-hydrogen) atoms. The van der Waals surface area contributed by atoms with Crippen molar-refractivity contribution in [3.8, 4) is 56.3 Å². The summed E-state index contributed by atoms with van der Waals surface area (Å²) in [7, 11) is 2.03. The highest BCUT2D eigenvalue weighted by atomic mass is 19.1. The lowest BCUT2D eigenvalue weighted by atomic mass is 9.79. The van der Waals surface area contributed by atoms with E-state index in [1.807, 2.05) is 40.6 Å². The average molecular weight is 853 g/mol. The molecule has 5 aromatic heterocycles. The van der Waals surface area contributed by atoms with Crippen LogP contribution in [0.2, 0.25) is 0 Å². The predicted octanol–water partition coefficient (Wildman–Crippen LogP) is 5.24. The fourth-order valence-electron chi connectivity index (χ4n) is 10.2. The summed E-state index contributed by atoms with van der Waals surface area (Å²) in [5.74, 6) is 1.07. The molecule has 18 heteroatoms. The molecule has 2 aromatic carbocycles. The molecule has 17 nitrogen and oxygen atoms in total. The standard InChI is InChI=1S/C45H50FN15O2/c1-44(2)19-32(20-45(3,4)55-44)57(5)42-47-22-36(50-53-42)33-8-6-27(17-39(33)62)28-11-15-61-31(16-28)25-60(56-61)26-59-13-10-30-24-58(14-12-38(30)59)43-48-23-37(51-54-43)34-9-7-29(18-40(34)63)35-21-49-52-41(35)46/h6-9,11,15-18,21-23,25,30,32,38,55H,10,12-14,19-20,24,26H2,1-5H3,(H2-,49,50,51,52,62,63)/p+1. The number of phenols is 2. The summed E-state index contributed by atoms with van der Waals surface area (Å²) >= 11 is 0. The summed E-state index contributed by atoms with van der Waals surface area (Å²) in [6, 6.07) is 15.2. The number of aromatic nitrogens is 11. The molecule has 10 rings (SSSR count). The molecule has 324 valence electrons. The van der Waals surface area contributed by atoms with E-state index in [0.29, 0.717) is 58.6 Å². The van der Waals surface area contributed by atoms with Crippen LogP contribution in [0.4, 0.5) is 16.3 Å². The highest BCUT2D eigenvalue weighted by molar-refractivity contribution is 5.76. The number of nitrogens with one attached hydrogen (secondary N) is 2. The van der Waals surface area contributed by atoms with Gasteiger partial charge >= 0.3 is 0 Å². The Morgan fingerprint density at radius 1 is 0.810 bits per heavy atom. The van der Waals surface area contributed by atoms with E-state index in [4.69, 9.17) is 5.21 Å². The van der Waals surface area contributed by atoms with Gasteiger partial charge in [-0.15, -0.1) is 29.6 Å². The van der Waals surface area contributed by atoms with Gasteiger partial charge in [-0.05, 0) is 112 Å². The third kappa shape index (κ3) is 7.99. The lowest BCUT2D eigenvalue weighted by molar-refractivity contribution is -0.770. The zero-order chi connectivity index (χ0) is 43.6. The topological polar surface area (TPSA) is 189 Å². The van der Waals surface area contributed by atoms with Crippen molar-refractivity contribution in [2.24, 2.45) is 5.92 Å². The van der Waals surface area contributed by atoms with E-state index >= 15 is 0 Å². The maximum atomic E-state index is 14.0. The molecule has 0 bridgehead atoms. The summed E-state index contributed by atoms with van der Waals surface area (Å²) < 4.78 is 17.9. The molecule has 0 aliphatic carbocycles. The van der Waals surface area contributed by atoms with Crippen LogP contribution in [0.1, 0.15) is 53.4 Å².